The van der Waals surface area contributed by atoms with Crippen molar-refractivity contribution in [3.05, 3.63) is 65.7 Å². The van der Waals surface area contributed by atoms with E-state index >= 15 is 0 Å². The molecular formula is C17H21NO. The molecule has 0 saturated heterocycles. The summed E-state index contributed by atoms with van der Waals surface area (Å²) in [5, 5.41) is 3.53. The Bertz CT molecular complexity index is 496. The molecule has 0 aliphatic heterocycles. The molecule has 1 unspecified atom stereocenters. The number of nitrogens with one attached hydrogen (secondary N) is 1. The molecule has 0 spiro atoms. The molecule has 2 heteroatoms. The largest absolute Gasteiger partial charge is 0.494 e. The maximum atomic E-state index is 5.63. The number of hydrogen-bond acceptors (Lipinski definition) is 2. The number of ether oxygens (including phenoxy) is 1. The minimum Gasteiger partial charge on any atom is -0.494 e. The first-order valence-electron chi connectivity index (χ1n) is 6.80. The highest BCUT2D eigenvalue weighted by molar-refractivity contribution is 5.33. The SMILES string of the molecule is CCOc1ccccc1CNC(C)c1ccccc1. The molecule has 0 aromatic heterocycles. The van der Waals surface area contributed by atoms with Crippen molar-refractivity contribution >= 4 is 0 Å². The predicted octanol–water partition coefficient (Wildman–Crippen LogP) is 3.94. The number of para-hydroxylation sites is 1. The molecule has 0 aliphatic rings. The molecule has 1 atom stereocenters. The van der Waals surface area contributed by atoms with Crippen molar-refractivity contribution in [1.82, 2.24) is 5.32 Å². The van der Waals surface area contributed by atoms with Crippen LogP contribution in [0.1, 0.15) is 31.0 Å². The lowest BCUT2D eigenvalue weighted by molar-refractivity contribution is 0.335. The van der Waals surface area contributed by atoms with Crippen LogP contribution < -0.4 is 10.1 Å². The summed E-state index contributed by atoms with van der Waals surface area (Å²) in [5.41, 5.74) is 2.50. The monoisotopic (exact) mass is 255 g/mol. The summed E-state index contributed by atoms with van der Waals surface area (Å²) < 4.78 is 5.63. The Morgan fingerprint density at radius 1 is 1.00 bits per heavy atom. The smallest absolute Gasteiger partial charge is 0.123 e. The standard InChI is InChI=1S/C17H21NO/c1-3-19-17-12-8-7-11-16(17)13-18-14(2)15-9-5-4-6-10-15/h4-12,14,18H,3,13H2,1-2H3. The minimum atomic E-state index is 0.330. The van der Waals surface area contributed by atoms with Crippen LogP contribution in [0.2, 0.25) is 0 Å². The topological polar surface area (TPSA) is 21.3 Å². The zero-order valence-corrected chi connectivity index (χ0v) is 11.6. The second kappa shape index (κ2) is 6.95. The van der Waals surface area contributed by atoms with Crippen molar-refractivity contribution in [2.45, 2.75) is 26.4 Å². The van der Waals surface area contributed by atoms with E-state index in [0.717, 1.165) is 12.3 Å². The number of benzene rings is 2. The van der Waals surface area contributed by atoms with E-state index in [1.54, 1.807) is 0 Å². The van der Waals surface area contributed by atoms with Gasteiger partial charge in [0.05, 0.1) is 6.61 Å². The van der Waals surface area contributed by atoms with E-state index < -0.39 is 0 Å². The Balaban J connectivity index is 1.99. The summed E-state index contributed by atoms with van der Waals surface area (Å²) in [4.78, 5) is 0. The maximum absolute atomic E-state index is 5.63. The quantitative estimate of drug-likeness (QED) is 0.844. The number of rotatable bonds is 6. The van der Waals surface area contributed by atoms with E-state index in [1.165, 1.54) is 11.1 Å². The van der Waals surface area contributed by atoms with Crippen LogP contribution in [-0.4, -0.2) is 6.61 Å². The minimum absolute atomic E-state index is 0.330. The molecule has 0 bridgehead atoms. The zero-order chi connectivity index (χ0) is 13.5. The lowest BCUT2D eigenvalue weighted by Crippen LogP contribution is -2.18. The fraction of sp³-hybridized carbons (Fsp3) is 0.294. The summed E-state index contributed by atoms with van der Waals surface area (Å²) in [7, 11) is 0. The lowest BCUT2D eigenvalue weighted by Gasteiger charge is -2.16. The summed E-state index contributed by atoms with van der Waals surface area (Å²) in [5.74, 6) is 0.970. The zero-order valence-electron chi connectivity index (χ0n) is 11.6. The van der Waals surface area contributed by atoms with Gasteiger partial charge in [0.25, 0.3) is 0 Å². The van der Waals surface area contributed by atoms with E-state index in [4.69, 9.17) is 4.74 Å². The number of hydrogen-bond donors (Lipinski definition) is 1. The highest BCUT2D eigenvalue weighted by Crippen LogP contribution is 2.19. The van der Waals surface area contributed by atoms with Gasteiger partial charge in [0, 0.05) is 18.2 Å². The van der Waals surface area contributed by atoms with Gasteiger partial charge in [-0.3, -0.25) is 0 Å². The lowest BCUT2D eigenvalue weighted by atomic mass is 10.1. The first-order chi connectivity index (χ1) is 9.31. The van der Waals surface area contributed by atoms with E-state index in [9.17, 15) is 0 Å². The van der Waals surface area contributed by atoms with Crippen LogP contribution in [0.3, 0.4) is 0 Å². The van der Waals surface area contributed by atoms with Crippen LogP contribution in [-0.2, 0) is 6.54 Å². The van der Waals surface area contributed by atoms with Gasteiger partial charge in [-0.1, -0.05) is 48.5 Å². The van der Waals surface area contributed by atoms with Crippen LogP contribution in [0.4, 0.5) is 0 Å². The van der Waals surface area contributed by atoms with Gasteiger partial charge in [0.1, 0.15) is 5.75 Å². The average molecular weight is 255 g/mol. The molecule has 19 heavy (non-hydrogen) atoms. The third kappa shape index (κ3) is 3.83. The van der Waals surface area contributed by atoms with Crippen LogP contribution >= 0.6 is 0 Å². The van der Waals surface area contributed by atoms with Crippen molar-refractivity contribution in [3.63, 3.8) is 0 Å². The molecule has 0 fully saturated rings. The summed E-state index contributed by atoms with van der Waals surface area (Å²) in [6.45, 7) is 5.70. The van der Waals surface area contributed by atoms with Gasteiger partial charge in [0.2, 0.25) is 0 Å². The van der Waals surface area contributed by atoms with Crippen molar-refractivity contribution in [1.29, 1.82) is 0 Å². The second-order valence-electron chi connectivity index (χ2n) is 4.55. The van der Waals surface area contributed by atoms with E-state index in [-0.39, 0.29) is 0 Å². The molecule has 1 N–H and O–H groups in total. The van der Waals surface area contributed by atoms with Crippen LogP contribution in [0.5, 0.6) is 5.75 Å². The van der Waals surface area contributed by atoms with Crippen molar-refractivity contribution in [2.24, 2.45) is 0 Å². The van der Waals surface area contributed by atoms with Crippen LogP contribution in [0, 0.1) is 0 Å². The molecule has 0 heterocycles. The van der Waals surface area contributed by atoms with Gasteiger partial charge in [-0.2, -0.15) is 0 Å². The van der Waals surface area contributed by atoms with Gasteiger partial charge < -0.3 is 10.1 Å². The van der Waals surface area contributed by atoms with Gasteiger partial charge in [-0.05, 0) is 25.5 Å². The summed E-state index contributed by atoms with van der Waals surface area (Å²) in [6, 6.07) is 19.0. The van der Waals surface area contributed by atoms with Crippen molar-refractivity contribution < 1.29 is 4.74 Å². The first kappa shape index (κ1) is 13.6. The molecule has 100 valence electrons. The molecule has 2 aromatic carbocycles. The molecule has 0 aliphatic carbocycles. The van der Waals surface area contributed by atoms with Gasteiger partial charge >= 0.3 is 0 Å². The molecule has 0 amide bonds. The normalized spacial score (nSPS) is 12.1. The predicted molar refractivity (Wildman–Crippen MR) is 79.3 cm³/mol. The van der Waals surface area contributed by atoms with Gasteiger partial charge in [-0.15, -0.1) is 0 Å². The van der Waals surface area contributed by atoms with Crippen LogP contribution in [0.15, 0.2) is 54.6 Å². The highest BCUT2D eigenvalue weighted by Gasteiger charge is 2.06. The van der Waals surface area contributed by atoms with Crippen molar-refractivity contribution in [3.8, 4) is 5.75 Å². The van der Waals surface area contributed by atoms with Crippen molar-refractivity contribution in [2.75, 3.05) is 6.61 Å². The maximum Gasteiger partial charge on any atom is 0.123 e. The molecular weight excluding hydrogens is 234 g/mol. The van der Waals surface area contributed by atoms with E-state index in [0.29, 0.717) is 12.6 Å². The second-order valence-corrected chi connectivity index (χ2v) is 4.55. The Hall–Kier alpha value is -1.80. The van der Waals surface area contributed by atoms with Gasteiger partial charge in [0.15, 0.2) is 0 Å². The molecule has 0 saturated carbocycles. The van der Waals surface area contributed by atoms with Crippen LogP contribution in [0.25, 0.3) is 0 Å². The molecule has 2 rings (SSSR count). The summed E-state index contributed by atoms with van der Waals surface area (Å²) >= 11 is 0. The third-order valence-electron chi connectivity index (χ3n) is 3.17. The first-order valence-corrected chi connectivity index (χ1v) is 6.80. The third-order valence-corrected chi connectivity index (χ3v) is 3.17. The fourth-order valence-electron chi connectivity index (χ4n) is 2.07. The van der Waals surface area contributed by atoms with Gasteiger partial charge in [-0.25, -0.2) is 0 Å². The molecule has 2 aromatic rings. The summed E-state index contributed by atoms with van der Waals surface area (Å²) in [6.07, 6.45) is 0. The fourth-order valence-corrected chi connectivity index (χ4v) is 2.07. The molecule has 0 radical (unpaired) electrons. The van der Waals surface area contributed by atoms with E-state index in [1.807, 2.05) is 31.2 Å². The molecule has 2 nitrogen and oxygen atoms in total. The highest BCUT2D eigenvalue weighted by atomic mass is 16.5. The Morgan fingerprint density at radius 2 is 1.68 bits per heavy atom. The average Bonchev–Trinajstić information content (AvgIpc) is 2.47. The Kier molecular flexibility index (Phi) is 4.99. The Morgan fingerprint density at radius 3 is 2.42 bits per heavy atom. The van der Waals surface area contributed by atoms with E-state index in [2.05, 4.69) is 42.6 Å². The Labute approximate surface area is 115 Å².